The quantitative estimate of drug-likeness (QED) is 0.215. The van der Waals surface area contributed by atoms with Crippen molar-refractivity contribution >= 4 is 40.4 Å². The number of rotatable bonds is 3. The Kier molecular flexibility index (Phi) is 2.78. The number of nitrogens with zero attached hydrogens (tertiary/aromatic N) is 3. The summed E-state index contributed by atoms with van der Waals surface area (Å²) in [6.07, 6.45) is 0. The van der Waals surface area contributed by atoms with Crippen molar-refractivity contribution in [3.8, 4) is 45.3 Å². The summed E-state index contributed by atoms with van der Waals surface area (Å²) in [5.74, 6) is -0.554. The summed E-state index contributed by atoms with van der Waals surface area (Å²) in [5.41, 5.74) is -0.345. The van der Waals surface area contributed by atoms with Gasteiger partial charge in [0.25, 0.3) is 0 Å². The first-order valence-corrected chi connectivity index (χ1v) is 15.4. The monoisotopic (exact) mass is 545 g/mol. The maximum atomic E-state index is 9.23. The molecule has 1 aliphatic rings. The lowest BCUT2D eigenvalue weighted by Gasteiger charge is -2.18. The highest BCUT2D eigenvalue weighted by atomic mass is 28.3. The Balaban J connectivity index is 1.52. The zero-order valence-corrected chi connectivity index (χ0v) is 22.1. The third kappa shape index (κ3) is 3.41. The molecule has 0 amide bonds. The van der Waals surface area contributed by atoms with Gasteiger partial charge in [0.15, 0.2) is 17.5 Å². The number of hydrogen-bond donors (Lipinski definition) is 0. The van der Waals surface area contributed by atoms with Crippen molar-refractivity contribution in [3.05, 3.63) is 115 Å². The Morgan fingerprint density at radius 3 is 2.15 bits per heavy atom. The standard InChI is InChI=1S/C35H25N3OSi/c1-40(2)30-17-9-7-14-26(30)32-27(15-10-18-31(32)40)35-37-33(22-11-4-3-5-12-22)36-34(38-35)23-19-20-25-24-13-6-8-16-28(24)39-29(25)21-23/h3-21H,1-2H3/i6D,7D,8D,9D,10D,13D,14D,15D,16D,17D,18D,19D,20D,21D. The highest BCUT2D eigenvalue weighted by Gasteiger charge is 2.38. The Bertz CT molecular complexity index is 2860. The lowest BCUT2D eigenvalue weighted by molar-refractivity contribution is 0.669. The van der Waals surface area contributed by atoms with Gasteiger partial charge in [-0.15, -0.1) is 0 Å². The molecule has 0 spiro atoms. The SMILES string of the molecule is [2H]c1c([2H])c([2H])c2c(c1[2H])-c1c(-c3nc(-c4ccccc4)nc(-c4c([2H])c([2H])c5c(oc6c([2H])c([2H])c([2H])c([2H])c65)c4[2H])n3)c([2H])c([2H])c([2H])c1[Si]2(C)C. The maximum Gasteiger partial charge on any atom is 0.164 e. The summed E-state index contributed by atoms with van der Waals surface area (Å²) < 4.78 is 128. The lowest BCUT2D eigenvalue weighted by Crippen LogP contribution is -2.49. The van der Waals surface area contributed by atoms with Crippen LogP contribution in [0.1, 0.15) is 19.2 Å². The van der Waals surface area contributed by atoms with Gasteiger partial charge in [0.2, 0.25) is 0 Å². The smallest absolute Gasteiger partial charge is 0.164 e. The number of hydrogen-bond acceptors (Lipinski definition) is 4. The maximum absolute atomic E-state index is 9.23. The molecule has 0 fully saturated rings. The van der Waals surface area contributed by atoms with Crippen molar-refractivity contribution in [2.75, 3.05) is 0 Å². The van der Waals surface area contributed by atoms with E-state index in [1.54, 1.807) is 30.3 Å². The van der Waals surface area contributed by atoms with Crippen molar-refractivity contribution < 1.29 is 23.6 Å². The molecule has 2 aromatic heterocycles. The van der Waals surface area contributed by atoms with Crippen LogP contribution in [0.3, 0.4) is 0 Å². The van der Waals surface area contributed by atoms with Gasteiger partial charge in [0, 0.05) is 27.5 Å². The molecule has 3 heterocycles. The van der Waals surface area contributed by atoms with Gasteiger partial charge in [0.05, 0.1) is 19.2 Å². The van der Waals surface area contributed by atoms with Gasteiger partial charge in [-0.1, -0.05) is 110 Å². The van der Waals surface area contributed by atoms with Crippen LogP contribution in [0.5, 0.6) is 0 Å². The normalized spacial score (nSPS) is 18.4. The summed E-state index contributed by atoms with van der Waals surface area (Å²) >= 11 is 0. The highest BCUT2D eigenvalue weighted by Crippen LogP contribution is 2.37. The van der Waals surface area contributed by atoms with E-state index in [1.807, 2.05) is 13.1 Å². The predicted octanol–water partition coefficient (Wildman–Crippen LogP) is 7.58. The van der Waals surface area contributed by atoms with Crippen LogP contribution < -0.4 is 10.4 Å². The molecule has 4 nitrogen and oxygen atoms in total. The highest BCUT2D eigenvalue weighted by molar-refractivity contribution is 7.04. The second-order valence-electron chi connectivity index (χ2n) is 9.81. The van der Waals surface area contributed by atoms with Crippen LogP contribution in [0.2, 0.25) is 13.1 Å². The van der Waals surface area contributed by atoms with E-state index in [-0.39, 0.29) is 79.8 Å². The van der Waals surface area contributed by atoms with Crippen LogP contribution >= 0.6 is 0 Å². The summed E-state index contributed by atoms with van der Waals surface area (Å²) in [7, 11) is -3.15. The molecular weight excluding hydrogens is 506 g/mol. The number of aromatic nitrogens is 3. The van der Waals surface area contributed by atoms with E-state index in [0.717, 1.165) is 0 Å². The third-order valence-electron chi connectivity index (χ3n) is 7.06. The molecular formula is C35H25N3OSi. The molecule has 0 aliphatic carbocycles. The number of para-hydroxylation sites is 1. The Labute approximate surface area is 252 Å². The second-order valence-corrected chi connectivity index (χ2v) is 14.1. The van der Waals surface area contributed by atoms with Gasteiger partial charge >= 0.3 is 0 Å². The molecule has 1 aliphatic heterocycles. The minimum absolute atomic E-state index is 0.00420. The first-order chi connectivity index (χ1) is 25.4. The van der Waals surface area contributed by atoms with Crippen LogP contribution in [0.25, 0.3) is 67.2 Å². The average Bonchev–Trinajstić information content (AvgIpc) is 3.67. The van der Waals surface area contributed by atoms with Crippen LogP contribution in [0.4, 0.5) is 0 Å². The fourth-order valence-corrected chi connectivity index (χ4v) is 7.80. The molecule has 8 rings (SSSR count). The van der Waals surface area contributed by atoms with Gasteiger partial charge in [-0.3, -0.25) is 0 Å². The first kappa shape index (κ1) is 13.0. The zero-order valence-electron chi connectivity index (χ0n) is 35.1. The Hall–Kier alpha value is -4.87. The molecule has 0 N–H and O–H groups in total. The van der Waals surface area contributed by atoms with Gasteiger partial charge in [-0.25, -0.2) is 15.0 Å². The second kappa shape index (κ2) is 8.56. The van der Waals surface area contributed by atoms with Crippen LogP contribution in [-0.4, -0.2) is 23.0 Å². The minimum atomic E-state index is -3.15. The fraction of sp³-hybridized carbons (Fsp3) is 0.0571. The molecule has 40 heavy (non-hydrogen) atoms. The van der Waals surface area contributed by atoms with Crippen molar-refractivity contribution in [1.29, 1.82) is 0 Å². The van der Waals surface area contributed by atoms with Gasteiger partial charge < -0.3 is 4.42 Å². The molecule has 5 heteroatoms. The van der Waals surface area contributed by atoms with E-state index in [1.165, 1.54) is 0 Å². The van der Waals surface area contributed by atoms with Gasteiger partial charge in [-0.2, -0.15) is 0 Å². The van der Waals surface area contributed by atoms with E-state index in [4.69, 9.17) is 25.9 Å². The van der Waals surface area contributed by atoms with E-state index >= 15 is 0 Å². The van der Waals surface area contributed by atoms with Crippen molar-refractivity contribution in [2.24, 2.45) is 0 Å². The van der Waals surface area contributed by atoms with E-state index in [2.05, 4.69) is 9.97 Å². The number of furan rings is 1. The fourth-order valence-electron chi connectivity index (χ4n) is 5.11. The summed E-state index contributed by atoms with van der Waals surface area (Å²) in [5, 5.41) is 0.301. The van der Waals surface area contributed by atoms with Crippen LogP contribution in [0.15, 0.2) is 119 Å². The van der Waals surface area contributed by atoms with Crippen molar-refractivity contribution in [2.45, 2.75) is 13.1 Å². The Morgan fingerprint density at radius 1 is 0.600 bits per heavy atom. The molecule has 0 bridgehead atoms. The minimum Gasteiger partial charge on any atom is -0.456 e. The molecule has 190 valence electrons. The largest absolute Gasteiger partial charge is 0.456 e. The van der Waals surface area contributed by atoms with Crippen molar-refractivity contribution in [3.63, 3.8) is 0 Å². The lowest BCUT2D eigenvalue weighted by atomic mass is 9.99. The molecule has 5 aromatic carbocycles. The molecule has 0 saturated carbocycles. The number of fused-ring (bicyclic) bond motifs is 6. The van der Waals surface area contributed by atoms with E-state index < -0.39 is 74.5 Å². The molecule has 0 radical (unpaired) electrons. The number of benzene rings is 5. The third-order valence-corrected chi connectivity index (χ3v) is 10.3. The average molecular weight is 546 g/mol. The molecule has 0 saturated heterocycles. The van der Waals surface area contributed by atoms with Gasteiger partial charge in [-0.05, 0) is 39.6 Å². The van der Waals surface area contributed by atoms with Crippen molar-refractivity contribution in [1.82, 2.24) is 15.0 Å². The summed E-state index contributed by atoms with van der Waals surface area (Å²) in [6, 6.07) is 1.94. The van der Waals surface area contributed by atoms with Gasteiger partial charge in [0.1, 0.15) is 19.2 Å². The molecule has 0 atom stereocenters. The summed E-state index contributed by atoms with van der Waals surface area (Å²) in [6.45, 7) is 3.62. The van der Waals surface area contributed by atoms with E-state index in [0.29, 0.717) is 15.9 Å². The summed E-state index contributed by atoms with van der Waals surface area (Å²) in [4.78, 5) is 13.9. The topological polar surface area (TPSA) is 51.8 Å². The van der Waals surface area contributed by atoms with E-state index in [9.17, 15) is 2.74 Å². The Morgan fingerprint density at radius 2 is 1.27 bits per heavy atom. The van der Waals surface area contributed by atoms with Crippen LogP contribution in [0, 0.1) is 0 Å². The molecule has 7 aromatic rings. The zero-order chi connectivity index (χ0) is 39.0. The first-order valence-electron chi connectivity index (χ1n) is 19.4. The predicted molar refractivity (Wildman–Crippen MR) is 166 cm³/mol. The van der Waals surface area contributed by atoms with Crippen LogP contribution in [-0.2, 0) is 0 Å². The molecule has 0 unspecified atom stereocenters.